The highest BCUT2D eigenvalue weighted by Crippen LogP contribution is 2.17. The van der Waals surface area contributed by atoms with Crippen LogP contribution < -0.4 is 5.32 Å². The second kappa shape index (κ2) is 5.73. The van der Waals surface area contributed by atoms with Crippen molar-refractivity contribution in [2.75, 3.05) is 6.61 Å². The first-order valence-electron chi connectivity index (χ1n) is 4.83. The van der Waals surface area contributed by atoms with Crippen LogP contribution in [0.15, 0.2) is 24.3 Å². The molecule has 0 bridgehead atoms. The van der Waals surface area contributed by atoms with Crippen molar-refractivity contribution in [1.82, 2.24) is 5.32 Å². The molecule has 0 saturated heterocycles. The van der Waals surface area contributed by atoms with E-state index in [4.69, 9.17) is 16.7 Å². The van der Waals surface area contributed by atoms with Gasteiger partial charge in [-0.15, -0.1) is 0 Å². The molecule has 0 fully saturated rings. The summed E-state index contributed by atoms with van der Waals surface area (Å²) in [4.78, 5) is 11.2. The van der Waals surface area contributed by atoms with Gasteiger partial charge in [0.05, 0.1) is 12.6 Å². The molecule has 0 heterocycles. The number of hydrogen-bond acceptors (Lipinski definition) is 2. The van der Waals surface area contributed by atoms with Crippen LogP contribution in [0.2, 0.25) is 5.02 Å². The Morgan fingerprint density at radius 3 is 2.87 bits per heavy atom. The lowest BCUT2D eigenvalue weighted by Gasteiger charge is -2.16. The molecule has 15 heavy (non-hydrogen) atoms. The number of aliphatic hydroxyl groups excluding tert-OH is 1. The Kier molecular flexibility index (Phi) is 4.59. The molecule has 1 rings (SSSR count). The van der Waals surface area contributed by atoms with Crippen molar-refractivity contribution in [3.8, 4) is 0 Å². The Balaban J connectivity index is 2.78. The molecule has 1 aromatic rings. The molecule has 0 aliphatic heterocycles. The minimum atomic E-state index is -0.379. The van der Waals surface area contributed by atoms with E-state index in [1.807, 2.05) is 6.07 Å². The highest BCUT2D eigenvalue weighted by atomic mass is 35.5. The number of hydrogen-bond donors (Lipinski definition) is 2. The molecule has 4 heteroatoms. The highest BCUT2D eigenvalue weighted by molar-refractivity contribution is 6.30. The van der Waals surface area contributed by atoms with Gasteiger partial charge in [-0.2, -0.15) is 0 Å². The number of nitrogens with one attached hydrogen (secondary N) is 1. The minimum Gasteiger partial charge on any atom is -0.394 e. The number of carbonyl (C=O) groups is 1. The maximum absolute atomic E-state index is 11.2. The van der Waals surface area contributed by atoms with Crippen LogP contribution in [0, 0.1) is 0 Å². The second-order valence-corrected chi connectivity index (χ2v) is 3.65. The normalized spacial score (nSPS) is 12.2. The van der Waals surface area contributed by atoms with Crippen LogP contribution in [0.5, 0.6) is 0 Å². The molecule has 1 amide bonds. The average Bonchev–Trinajstić information content (AvgIpc) is 2.25. The molecule has 0 aromatic heterocycles. The number of rotatable bonds is 4. The van der Waals surface area contributed by atoms with Gasteiger partial charge >= 0.3 is 0 Å². The molecule has 0 aliphatic rings. The van der Waals surface area contributed by atoms with E-state index in [9.17, 15) is 4.79 Å². The first kappa shape index (κ1) is 12.0. The van der Waals surface area contributed by atoms with Crippen LogP contribution in [0.4, 0.5) is 0 Å². The van der Waals surface area contributed by atoms with E-state index < -0.39 is 0 Å². The fourth-order valence-corrected chi connectivity index (χ4v) is 1.45. The van der Waals surface area contributed by atoms with Crippen molar-refractivity contribution in [3.05, 3.63) is 34.9 Å². The fourth-order valence-electron chi connectivity index (χ4n) is 1.25. The standard InChI is InChI=1S/C11H14ClNO2/c1-2-11(15)13-10(7-14)8-4-3-5-9(12)6-8/h3-6,10,14H,2,7H2,1H3,(H,13,15). The largest absolute Gasteiger partial charge is 0.394 e. The van der Waals surface area contributed by atoms with E-state index in [1.54, 1.807) is 25.1 Å². The number of halogens is 1. The molecule has 0 radical (unpaired) electrons. The van der Waals surface area contributed by atoms with E-state index >= 15 is 0 Å². The van der Waals surface area contributed by atoms with E-state index in [1.165, 1.54) is 0 Å². The Morgan fingerprint density at radius 1 is 1.60 bits per heavy atom. The summed E-state index contributed by atoms with van der Waals surface area (Å²) >= 11 is 5.82. The number of carbonyl (C=O) groups excluding carboxylic acids is 1. The molecular formula is C11H14ClNO2. The van der Waals surface area contributed by atoms with Crippen molar-refractivity contribution in [1.29, 1.82) is 0 Å². The van der Waals surface area contributed by atoms with Crippen molar-refractivity contribution in [3.63, 3.8) is 0 Å². The lowest BCUT2D eigenvalue weighted by molar-refractivity contribution is -0.121. The summed E-state index contributed by atoms with van der Waals surface area (Å²) in [7, 11) is 0. The average molecular weight is 228 g/mol. The first-order chi connectivity index (χ1) is 7.17. The van der Waals surface area contributed by atoms with E-state index in [0.29, 0.717) is 11.4 Å². The van der Waals surface area contributed by atoms with Gasteiger partial charge in [-0.3, -0.25) is 4.79 Å². The summed E-state index contributed by atoms with van der Waals surface area (Å²) in [6.45, 7) is 1.63. The molecule has 3 nitrogen and oxygen atoms in total. The fraction of sp³-hybridized carbons (Fsp3) is 0.364. The smallest absolute Gasteiger partial charge is 0.220 e. The Morgan fingerprint density at radius 2 is 2.33 bits per heavy atom. The summed E-state index contributed by atoms with van der Waals surface area (Å²) in [5, 5.41) is 12.5. The SMILES string of the molecule is CCC(=O)NC(CO)c1cccc(Cl)c1. The van der Waals surface area contributed by atoms with Gasteiger partial charge in [0, 0.05) is 11.4 Å². The predicted octanol–water partition coefficient (Wildman–Crippen LogP) is 1.90. The van der Waals surface area contributed by atoms with Gasteiger partial charge < -0.3 is 10.4 Å². The molecule has 1 aromatic carbocycles. The summed E-state index contributed by atoms with van der Waals surface area (Å²) in [5.41, 5.74) is 0.812. The molecule has 1 atom stereocenters. The van der Waals surface area contributed by atoms with Crippen LogP contribution >= 0.6 is 11.6 Å². The van der Waals surface area contributed by atoms with Crippen LogP contribution in [0.1, 0.15) is 24.9 Å². The topological polar surface area (TPSA) is 49.3 Å². The Hall–Kier alpha value is -1.06. The number of benzene rings is 1. The zero-order valence-electron chi connectivity index (χ0n) is 8.53. The van der Waals surface area contributed by atoms with E-state index in [2.05, 4.69) is 5.32 Å². The van der Waals surface area contributed by atoms with Crippen molar-refractivity contribution in [2.24, 2.45) is 0 Å². The van der Waals surface area contributed by atoms with E-state index in [0.717, 1.165) is 5.56 Å². The third-order valence-corrected chi connectivity index (χ3v) is 2.33. The van der Waals surface area contributed by atoms with Crippen LogP contribution in [0.3, 0.4) is 0 Å². The van der Waals surface area contributed by atoms with Crippen molar-refractivity contribution in [2.45, 2.75) is 19.4 Å². The van der Waals surface area contributed by atoms with Gasteiger partial charge in [0.25, 0.3) is 0 Å². The lowest BCUT2D eigenvalue weighted by atomic mass is 10.1. The third-order valence-electron chi connectivity index (χ3n) is 2.09. The molecule has 2 N–H and O–H groups in total. The minimum absolute atomic E-state index is 0.0889. The maximum atomic E-state index is 11.2. The Labute approximate surface area is 94.1 Å². The molecule has 0 spiro atoms. The molecule has 82 valence electrons. The van der Waals surface area contributed by atoms with E-state index in [-0.39, 0.29) is 18.6 Å². The molecule has 0 aliphatic carbocycles. The van der Waals surface area contributed by atoms with Gasteiger partial charge in [-0.1, -0.05) is 30.7 Å². The third kappa shape index (κ3) is 3.53. The molecule has 0 saturated carbocycles. The van der Waals surface area contributed by atoms with Gasteiger partial charge in [0.1, 0.15) is 0 Å². The summed E-state index contributed by atoms with van der Waals surface area (Å²) in [6.07, 6.45) is 0.400. The first-order valence-corrected chi connectivity index (χ1v) is 5.20. The zero-order chi connectivity index (χ0) is 11.3. The predicted molar refractivity (Wildman–Crippen MR) is 59.7 cm³/mol. The second-order valence-electron chi connectivity index (χ2n) is 3.21. The Bertz CT molecular complexity index is 341. The zero-order valence-corrected chi connectivity index (χ0v) is 9.29. The number of amides is 1. The van der Waals surface area contributed by atoms with Gasteiger partial charge in [-0.05, 0) is 17.7 Å². The van der Waals surface area contributed by atoms with Crippen LogP contribution in [-0.2, 0) is 4.79 Å². The van der Waals surface area contributed by atoms with Gasteiger partial charge in [0.15, 0.2) is 0 Å². The summed E-state index contributed by atoms with van der Waals surface area (Å²) in [5.74, 6) is -0.0889. The highest BCUT2D eigenvalue weighted by Gasteiger charge is 2.12. The van der Waals surface area contributed by atoms with Crippen LogP contribution in [-0.4, -0.2) is 17.6 Å². The lowest BCUT2D eigenvalue weighted by Crippen LogP contribution is -2.30. The van der Waals surface area contributed by atoms with Gasteiger partial charge in [-0.25, -0.2) is 0 Å². The van der Waals surface area contributed by atoms with Crippen molar-refractivity contribution < 1.29 is 9.90 Å². The molecular weight excluding hydrogens is 214 g/mol. The maximum Gasteiger partial charge on any atom is 0.220 e. The quantitative estimate of drug-likeness (QED) is 0.826. The molecule has 1 unspecified atom stereocenters. The summed E-state index contributed by atoms with van der Waals surface area (Å²) < 4.78 is 0. The monoisotopic (exact) mass is 227 g/mol. The van der Waals surface area contributed by atoms with Gasteiger partial charge in [0.2, 0.25) is 5.91 Å². The number of aliphatic hydroxyl groups is 1. The van der Waals surface area contributed by atoms with Crippen molar-refractivity contribution >= 4 is 17.5 Å². The summed E-state index contributed by atoms with van der Waals surface area (Å²) in [6, 6.07) is 6.72. The van der Waals surface area contributed by atoms with Crippen LogP contribution in [0.25, 0.3) is 0 Å².